The number of piperazine rings is 1. The average molecular weight is 301 g/mol. The fourth-order valence-corrected chi connectivity index (χ4v) is 2.77. The average Bonchev–Trinajstić information content (AvgIpc) is 2.98. The van der Waals surface area contributed by atoms with Crippen LogP contribution in [0, 0.1) is 5.92 Å². The molecule has 6 heteroatoms. The number of nitrogens with zero attached hydrogens (tertiary/aromatic N) is 5. The van der Waals surface area contributed by atoms with Gasteiger partial charge in [-0.05, 0) is 18.1 Å². The molecule has 2 aromatic rings. The summed E-state index contributed by atoms with van der Waals surface area (Å²) in [6, 6.07) is 3.81. The normalized spacial score (nSPS) is 17.2. The molecule has 3 rings (SSSR count). The van der Waals surface area contributed by atoms with Crippen molar-refractivity contribution in [3.8, 4) is 11.4 Å². The van der Waals surface area contributed by atoms with Gasteiger partial charge in [-0.2, -0.15) is 4.98 Å². The summed E-state index contributed by atoms with van der Waals surface area (Å²) in [7, 11) is 0. The smallest absolute Gasteiger partial charge is 0.241 e. The number of rotatable bonds is 5. The number of hydrogen-bond acceptors (Lipinski definition) is 6. The van der Waals surface area contributed by atoms with Gasteiger partial charge in [-0.1, -0.05) is 19.0 Å². The van der Waals surface area contributed by atoms with Crippen LogP contribution in [-0.4, -0.2) is 57.6 Å². The van der Waals surface area contributed by atoms with Gasteiger partial charge in [0.2, 0.25) is 11.7 Å². The summed E-state index contributed by atoms with van der Waals surface area (Å²) >= 11 is 0. The first-order valence-corrected chi connectivity index (χ1v) is 7.88. The second kappa shape index (κ2) is 6.98. The van der Waals surface area contributed by atoms with Gasteiger partial charge in [0, 0.05) is 50.7 Å². The molecule has 118 valence electrons. The van der Waals surface area contributed by atoms with E-state index in [1.54, 1.807) is 12.4 Å². The molecule has 0 spiro atoms. The standard InChI is InChI=1S/C16H23N5O/c1-13(2)11-20-6-8-21(9-7-20)12-15-18-16(19-22-15)14-4-3-5-17-10-14/h3-5,10,13H,6-9,11-12H2,1-2H3. The van der Waals surface area contributed by atoms with Crippen LogP contribution in [0.15, 0.2) is 29.0 Å². The third kappa shape index (κ3) is 3.90. The Morgan fingerprint density at radius 3 is 2.64 bits per heavy atom. The third-order valence-corrected chi connectivity index (χ3v) is 3.83. The maximum Gasteiger partial charge on any atom is 0.241 e. The van der Waals surface area contributed by atoms with Gasteiger partial charge in [0.25, 0.3) is 0 Å². The lowest BCUT2D eigenvalue weighted by molar-refractivity contribution is 0.108. The molecule has 0 radical (unpaired) electrons. The van der Waals surface area contributed by atoms with Crippen LogP contribution in [0.1, 0.15) is 19.7 Å². The quantitative estimate of drug-likeness (QED) is 0.841. The third-order valence-electron chi connectivity index (χ3n) is 3.83. The minimum atomic E-state index is 0.613. The summed E-state index contributed by atoms with van der Waals surface area (Å²) < 4.78 is 5.37. The molecule has 22 heavy (non-hydrogen) atoms. The predicted molar refractivity (Wildman–Crippen MR) is 84.1 cm³/mol. The summed E-state index contributed by atoms with van der Waals surface area (Å²) in [4.78, 5) is 13.4. The van der Waals surface area contributed by atoms with Gasteiger partial charge < -0.3 is 9.42 Å². The van der Waals surface area contributed by atoms with Crippen molar-refractivity contribution in [2.75, 3.05) is 32.7 Å². The van der Waals surface area contributed by atoms with E-state index in [9.17, 15) is 0 Å². The molecule has 0 N–H and O–H groups in total. The van der Waals surface area contributed by atoms with Gasteiger partial charge in [-0.25, -0.2) is 0 Å². The molecule has 0 bridgehead atoms. The van der Waals surface area contributed by atoms with Crippen molar-refractivity contribution >= 4 is 0 Å². The molecule has 1 saturated heterocycles. The molecule has 0 amide bonds. The zero-order valence-electron chi connectivity index (χ0n) is 13.3. The van der Waals surface area contributed by atoms with Crippen molar-refractivity contribution in [2.24, 2.45) is 5.92 Å². The van der Waals surface area contributed by atoms with E-state index in [1.165, 1.54) is 6.54 Å². The molecular weight excluding hydrogens is 278 g/mol. The van der Waals surface area contributed by atoms with Crippen molar-refractivity contribution in [3.05, 3.63) is 30.4 Å². The Morgan fingerprint density at radius 1 is 1.18 bits per heavy atom. The zero-order valence-corrected chi connectivity index (χ0v) is 13.3. The first kappa shape index (κ1) is 15.1. The molecule has 0 saturated carbocycles. The van der Waals surface area contributed by atoms with Gasteiger partial charge >= 0.3 is 0 Å². The first-order valence-electron chi connectivity index (χ1n) is 7.88. The molecule has 0 atom stereocenters. The van der Waals surface area contributed by atoms with E-state index in [1.807, 2.05) is 12.1 Å². The van der Waals surface area contributed by atoms with Gasteiger partial charge in [0.15, 0.2) is 0 Å². The molecule has 0 aromatic carbocycles. The Kier molecular flexibility index (Phi) is 4.80. The lowest BCUT2D eigenvalue weighted by Crippen LogP contribution is -2.46. The molecule has 0 aliphatic carbocycles. The molecule has 2 aromatic heterocycles. The summed E-state index contributed by atoms with van der Waals surface area (Å²) in [5.74, 6) is 2.02. The highest BCUT2D eigenvalue weighted by molar-refractivity contribution is 5.51. The molecule has 1 fully saturated rings. The molecule has 0 unspecified atom stereocenters. The van der Waals surface area contributed by atoms with Crippen LogP contribution in [0.2, 0.25) is 0 Å². The van der Waals surface area contributed by atoms with E-state index in [0.29, 0.717) is 11.7 Å². The van der Waals surface area contributed by atoms with Crippen LogP contribution in [0.5, 0.6) is 0 Å². The molecular formula is C16H23N5O. The molecule has 6 nitrogen and oxygen atoms in total. The highest BCUT2D eigenvalue weighted by Crippen LogP contribution is 2.15. The van der Waals surface area contributed by atoms with Gasteiger partial charge in [0.05, 0.1) is 6.54 Å². The fourth-order valence-electron chi connectivity index (χ4n) is 2.77. The summed E-state index contributed by atoms with van der Waals surface area (Å²) in [5.41, 5.74) is 0.888. The van der Waals surface area contributed by atoms with Crippen LogP contribution >= 0.6 is 0 Å². The minimum Gasteiger partial charge on any atom is -0.338 e. The van der Waals surface area contributed by atoms with E-state index in [-0.39, 0.29) is 0 Å². The van der Waals surface area contributed by atoms with Crippen LogP contribution in [0.25, 0.3) is 11.4 Å². The Morgan fingerprint density at radius 2 is 1.95 bits per heavy atom. The fraction of sp³-hybridized carbons (Fsp3) is 0.562. The van der Waals surface area contributed by atoms with E-state index in [4.69, 9.17) is 4.52 Å². The van der Waals surface area contributed by atoms with Crippen LogP contribution in [0.4, 0.5) is 0 Å². The topological polar surface area (TPSA) is 58.3 Å². The highest BCUT2D eigenvalue weighted by atomic mass is 16.5. The van der Waals surface area contributed by atoms with E-state index < -0.39 is 0 Å². The van der Waals surface area contributed by atoms with Gasteiger partial charge in [0.1, 0.15) is 0 Å². The number of pyridine rings is 1. The summed E-state index contributed by atoms with van der Waals surface area (Å²) in [6.07, 6.45) is 3.49. The summed E-state index contributed by atoms with van der Waals surface area (Å²) in [6.45, 7) is 10.8. The van der Waals surface area contributed by atoms with Crippen LogP contribution < -0.4 is 0 Å². The summed E-state index contributed by atoms with van der Waals surface area (Å²) in [5, 5.41) is 4.04. The molecule has 1 aliphatic rings. The Bertz CT molecular complexity index is 575. The molecule has 3 heterocycles. The lowest BCUT2D eigenvalue weighted by Gasteiger charge is -2.34. The van der Waals surface area contributed by atoms with E-state index in [0.717, 1.165) is 44.2 Å². The van der Waals surface area contributed by atoms with Crippen molar-refractivity contribution in [3.63, 3.8) is 0 Å². The van der Waals surface area contributed by atoms with Crippen molar-refractivity contribution < 1.29 is 4.52 Å². The zero-order chi connectivity index (χ0) is 15.4. The van der Waals surface area contributed by atoms with Crippen LogP contribution in [-0.2, 0) is 6.54 Å². The Balaban J connectivity index is 1.54. The highest BCUT2D eigenvalue weighted by Gasteiger charge is 2.19. The van der Waals surface area contributed by atoms with E-state index >= 15 is 0 Å². The van der Waals surface area contributed by atoms with Gasteiger partial charge in [-0.3, -0.25) is 9.88 Å². The minimum absolute atomic E-state index is 0.613. The second-order valence-corrected chi connectivity index (χ2v) is 6.22. The second-order valence-electron chi connectivity index (χ2n) is 6.22. The molecule has 1 aliphatic heterocycles. The maximum absolute atomic E-state index is 5.37. The van der Waals surface area contributed by atoms with Gasteiger partial charge in [-0.15, -0.1) is 0 Å². The van der Waals surface area contributed by atoms with Crippen molar-refractivity contribution in [2.45, 2.75) is 20.4 Å². The first-order chi connectivity index (χ1) is 10.7. The lowest BCUT2D eigenvalue weighted by atomic mass is 10.2. The van der Waals surface area contributed by atoms with Crippen molar-refractivity contribution in [1.82, 2.24) is 24.9 Å². The SMILES string of the molecule is CC(C)CN1CCN(Cc2nc(-c3cccnc3)no2)CC1. The number of hydrogen-bond donors (Lipinski definition) is 0. The maximum atomic E-state index is 5.37. The Labute approximate surface area is 131 Å². The Hall–Kier alpha value is -1.79. The largest absolute Gasteiger partial charge is 0.338 e. The van der Waals surface area contributed by atoms with Crippen LogP contribution in [0.3, 0.4) is 0 Å². The monoisotopic (exact) mass is 301 g/mol. The van der Waals surface area contributed by atoms with E-state index in [2.05, 4.69) is 38.8 Å². The predicted octanol–water partition coefficient (Wildman–Crippen LogP) is 1.91. The number of aromatic nitrogens is 3. The van der Waals surface area contributed by atoms with Crippen molar-refractivity contribution in [1.29, 1.82) is 0 Å².